The molecule has 0 unspecified atom stereocenters. The molecule has 1 heterocycles. The van der Waals surface area contributed by atoms with E-state index in [1.54, 1.807) is 6.08 Å². The highest BCUT2D eigenvalue weighted by molar-refractivity contribution is 5.70. The van der Waals surface area contributed by atoms with Gasteiger partial charge in [0.1, 0.15) is 0 Å². The Morgan fingerprint density at radius 2 is 2.44 bits per heavy atom. The van der Waals surface area contributed by atoms with E-state index in [1.165, 1.54) is 6.26 Å². The van der Waals surface area contributed by atoms with Gasteiger partial charge < -0.3 is 10.1 Å². The molecule has 0 bridgehead atoms. The summed E-state index contributed by atoms with van der Waals surface area (Å²) >= 11 is 0. The molecule has 1 N–H and O–H groups in total. The van der Waals surface area contributed by atoms with E-state index in [4.69, 9.17) is 0 Å². The van der Waals surface area contributed by atoms with Gasteiger partial charge in [0.05, 0.1) is 11.8 Å². The second-order valence-corrected chi connectivity index (χ2v) is 2.55. The molecule has 52 valence electrons. The molecule has 0 aromatic rings. The van der Waals surface area contributed by atoms with E-state index in [9.17, 15) is 4.79 Å². The number of ether oxygens (including phenoxy) is 1. The summed E-state index contributed by atoms with van der Waals surface area (Å²) in [5, 5.41) is 2.61. The van der Waals surface area contributed by atoms with Crippen molar-refractivity contribution < 1.29 is 11.0 Å². The third-order valence-corrected chi connectivity index (χ3v) is 1.08. The molecular weight excluding hydrogens is 118 g/mol. The molecule has 9 heavy (non-hydrogen) atoms. The first-order chi connectivity index (χ1) is 4.10. The minimum atomic E-state index is -0.387. The van der Waals surface area contributed by atoms with Crippen molar-refractivity contribution in [1.82, 2.24) is 5.32 Å². The molecule has 1 rings (SSSR count). The highest BCUT2D eigenvalue weighted by Gasteiger charge is 2.20. The lowest BCUT2D eigenvalue weighted by Gasteiger charge is -2.24. The van der Waals surface area contributed by atoms with Crippen LogP contribution in [0.15, 0.2) is 12.3 Å². The van der Waals surface area contributed by atoms with Crippen LogP contribution in [-0.2, 0) is 4.74 Å². The third kappa shape index (κ3) is 1.45. The van der Waals surface area contributed by atoms with Crippen LogP contribution in [0.4, 0.5) is 4.79 Å². The highest BCUT2D eigenvalue weighted by atomic mass is 16.5. The minimum Gasteiger partial charge on any atom is -0.419 e. The van der Waals surface area contributed by atoms with Crippen molar-refractivity contribution in [3.63, 3.8) is 0 Å². The molecule has 0 saturated heterocycles. The van der Waals surface area contributed by atoms with Gasteiger partial charge in [-0.25, -0.2) is 4.79 Å². The van der Waals surface area contributed by atoms with Crippen LogP contribution in [0.2, 0.25) is 0 Å². The number of carbonyl (C=O) groups is 1. The molecular formula is C6H11NO2. The van der Waals surface area contributed by atoms with Gasteiger partial charge in [-0.05, 0) is 19.9 Å². The lowest BCUT2D eigenvalue weighted by molar-refractivity contribution is 0.170. The van der Waals surface area contributed by atoms with Crippen LogP contribution in [0.3, 0.4) is 0 Å². The summed E-state index contributed by atoms with van der Waals surface area (Å²) in [4.78, 5) is 10.5. The van der Waals surface area contributed by atoms with E-state index in [1.807, 2.05) is 13.8 Å². The zero-order valence-corrected chi connectivity index (χ0v) is 5.47. The van der Waals surface area contributed by atoms with Gasteiger partial charge in [0.15, 0.2) is 0 Å². The fraction of sp³-hybridized carbons (Fsp3) is 0.500. The van der Waals surface area contributed by atoms with Gasteiger partial charge in [-0.3, -0.25) is 0 Å². The average Bonchev–Trinajstić information content (AvgIpc) is 1.60. The number of hydrogen-bond acceptors (Lipinski definition) is 2. The zero-order chi connectivity index (χ0) is 6.91. The Morgan fingerprint density at radius 3 is 2.78 bits per heavy atom. The predicted molar refractivity (Wildman–Crippen MR) is 34.9 cm³/mol. The van der Waals surface area contributed by atoms with Gasteiger partial charge in [0.2, 0.25) is 0 Å². The number of alkyl carbamates (subject to hydrolysis) is 1. The van der Waals surface area contributed by atoms with Crippen LogP contribution >= 0.6 is 0 Å². The Bertz CT molecular complexity index is 165. The Balaban J connectivity index is 0.000000810. The molecule has 0 aliphatic carbocycles. The van der Waals surface area contributed by atoms with Crippen molar-refractivity contribution in [3.8, 4) is 0 Å². The van der Waals surface area contributed by atoms with Gasteiger partial charge in [0.25, 0.3) is 0 Å². The number of amides is 1. The summed E-state index contributed by atoms with van der Waals surface area (Å²) in [5.74, 6) is 0. The number of hydrogen-bond donors (Lipinski definition) is 1. The first-order valence-electron chi connectivity index (χ1n) is 2.77. The molecule has 0 fully saturated rings. The van der Waals surface area contributed by atoms with Crippen LogP contribution in [0, 0.1) is 0 Å². The number of rotatable bonds is 0. The van der Waals surface area contributed by atoms with Crippen molar-refractivity contribution in [3.05, 3.63) is 12.3 Å². The molecule has 3 nitrogen and oxygen atoms in total. The fourth-order valence-corrected chi connectivity index (χ4v) is 0.600. The summed E-state index contributed by atoms with van der Waals surface area (Å²) < 4.78 is 4.48. The molecule has 1 amide bonds. The lowest BCUT2D eigenvalue weighted by Crippen LogP contribution is -2.44. The van der Waals surface area contributed by atoms with E-state index in [-0.39, 0.29) is 13.1 Å². The predicted octanol–water partition coefficient (Wildman–Crippen LogP) is 1.26. The first-order valence-corrected chi connectivity index (χ1v) is 2.77. The topological polar surface area (TPSA) is 38.3 Å². The molecule has 0 radical (unpaired) electrons. The van der Waals surface area contributed by atoms with Crippen molar-refractivity contribution >= 4 is 6.09 Å². The SMILES string of the molecule is CC1(C)C=COC(=O)N1.[HH]. The van der Waals surface area contributed by atoms with Crippen molar-refractivity contribution in [2.24, 2.45) is 0 Å². The van der Waals surface area contributed by atoms with E-state index in [2.05, 4.69) is 10.1 Å². The molecule has 0 spiro atoms. The van der Waals surface area contributed by atoms with Gasteiger partial charge in [0, 0.05) is 1.43 Å². The summed E-state index contributed by atoms with van der Waals surface area (Å²) in [6.45, 7) is 3.79. The Morgan fingerprint density at radius 1 is 1.78 bits per heavy atom. The number of nitrogens with one attached hydrogen (secondary N) is 1. The Hall–Kier alpha value is -0.990. The second-order valence-electron chi connectivity index (χ2n) is 2.55. The van der Waals surface area contributed by atoms with Gasteiger partial charge in [-0.15, -0.1) is 0 Å². The maximum absolute atomic E-state index is 10.5. The molecule has 1 aliphatic heterocycles. The van der Waals surface area contributed by atoms with Gasteiger partial charge in [-0.2, -0.15) is 0 Å². The second kappa shape index (κ2) is 1.76. The first kappa shape index (κ1) is 6.13. The fourth-order valence-electron chi connectivity index (χ4n) is 0.600. The quantitative estimate of drug-likeness (QED) is 0.534. The van der Waals surface area contributed by atoms with Crippen LogP contribution in [0.25, 0.3) is 0 Å². The minimum absolute atomic E-state index is 0. The summed E-state index contributed by atoms with van der Waals surface area (Å²) in [5.41, 5.74) is -0.255. The lowest BCUT2D eigenvalue weighted by atomic mass is 10.1. The van der Waals surface area contributed by atoms with E-state index in [0.29, 0.717) is 0 Å². The third-order valence-electron chi connectivity index (χ3n) is 1.08. The average molecular weight is 129 g/mol. The van der Waals surface area contributed by atoms with Crippen LogP contribution in [0.5, 0.6) is 0 Å². The molecule has 0 atom stereocenters. The normalized spacial score (nSPS) is 22.7. The molecule has 0 aromatic heterocycles. The molecule has 0 aromatic carbocycles. The van der Waals surface area contributed by atoms with E-state index < -0.39 is 0 Å². The summed E-state index contributed by atoms with van der Waals surface area (Å²) in [6, 6.07) is 0. The standard InChI is InChI=1S/C6H9NO2.H2/c1-6(2)3-4-9-5(8)7-6;/h3-4H,1-2H3,(H,7,8);1H. The Kier molecular flexibility index (Phi) is 1.20. The maximum Gasteiger partial charge on any atom is 0.412 e. The van der Waals surface area contributed by atoms with Gasteiger partial charge in [-0.1, -0.05) is 0 Å². The van der Waals surface area contributed by atoms with E-state index >= 15 is 0 Å². The number of carbonyl (C=O) groups excluding carboxylic acids is 1. The van der Waals surface area contributed by atoms with Crippen molar-refractivity contribution in [2.45, 2.75) is 19.4 Å². The van der Waals surface area contributed by atoms with Crippen molar-refractivity contribution in [2.75, 3.05) is 0 Å². The number of cyclic esters (lactones) is 1. The molecule has 3 heteroatoms. The van der Waals surface area contributed by atoms with Gasteiger partial charge >= 0.3 is 6.09 Å². The Labute approximate surface area is 55.2 Å². The summed E-state index contributed by atoms with van der Waals surface area (Å²) in [6.07, 6.45) is 2.80. The zero-order valence-electron chi connectivity index (χ0n) is 5.47. The van der Waals surface area contributed by atoms with E-state index in [0.717, 1.165) is 0 Å². The van der Waals surface area contributed by atoms with Crippen LogP contribution in [-0.4, -0.2) is 11.6 Å². The molecule has 0 saturated carbocycles. The molecule has 1 aliphatic rings. The van der Waals surface area contributed by atoms with Crippen LogP contribution in [0.1, 0.15) is 15.3 Å². The summed E-state index contributed by atoms with van der Waals surface area (Å²) in [7, 11) is 0. The largest absolute Gasteiger partial charge is 0.419 e. The highest BCUT2D eigenvalue weighted by Crippen LogP contribution is 2.08. The smallest absolute Gasteiger partial charge is 0.412 e. The van der Waals surface area contributed by atoms with Crippen molar-refractivity contribution in [1.29, 1.82) is 0 Å². The monoisotopic (exact) mass is 129 g/mol. The maximum atomic E-state index is 10.5. The van der Waals surface area contributed by atoms with Crippen LogP contribution < -0.4 is 5.32 Å².